The minimum atomic E-state index is 0.370. The largest absolute Gasteiger partial charge is 0.430 e. The normalized spacial score (nSPS) is 10.3. The number of aromatic nitrogens is 2. The van der Waals surface area contributed by atoms with Gasteiger partial charge < -0.3 is 4.74 Å². The van der Waals surface area contributed by atoms with Gasteiger partial charge >= 0.3 is 0 Å². The Morgan fingerprint density at radius 1 is 1.40 bits per heavy atom. The topological polar surface area (TPSA) is 35.0 Å². The first-order valence-corrected chi connectivity index (χ1v) is 5.76. The van der Waals surface area contributed by atoms with E-state index < -0.39 is 0 Å². The van der Waals surface area contributed by atoms with Crippen LogP contribution < -0.4 is 4.74 Å². The molecule has 15 heavy (non-hydrogen) atoms. The summed E-state index contributed by atoms with van der Waals surface area (Å²) in [5, 5.41) is 9.03. The first-order valence-electron chi connectivity index (χ1n) is 4.41. The molecule has 0 unspecified atom stereocenters. The van der Waals surface area contributed by atoms with Gasteiger partial charge in [0.15, 0.2) is 0 Å². The summed E-state index contributed by atoms with van der Waals surface area (Å²) in [6, 6.07) is 7.78. The molecule has 0 fully saturated rings. The van der Waals surface area contributed by atoms with Crippen LogP contribution in [-0.4, -0.2) is 10.2 Å². The molecule has 1 aromatic carbocycles. The fraction of sp³-hybridized carbons (Fsp3) is 0.200. The number of halogens is 1. The van der Waals surface area contributed by atoms with Crippen LogP contribution in [0.15, 0.2) is 24.3 Å². The van der Waals surface area contributed by atoms with Crippen LogP contribution in [0, 0.1) is 6.92 Å². The second-order valence-corrected chi connectivity index (χ2v) is 4.31. The van der Waals surface area contributed by atoms with Gasteiger partial charge in [-0.2, -0.15) is 0 Å². The van der Waals surface area contributed by atoms with Crippen molar-refractivity contribution in [1.29, 1.82) is 0 Å². The number of rotatable bonds is 3. The molecule has 0 aliphatic heterocycles. The Balaban J connectivity index is 2.14. The first-order chi connectivity index (χ1) is 7.28. The zero-order valence-electron chi connectivity index (χ0n) is 8.11. The molecule has 0 amide bonds. The molecule has 0 radical (unpaired) electrons. The van der Waals surface area contributed by atoms with Crippen molar-refractivity contribution in [1.82, 2.24) is 10.2 Å². The van der Waals surface area contributed by atoms with Gasteiger partial charge in [0.1, 0.15) is 10.8 Å². The third kappa shape index (κ3) is 2.67. The van der Waals surface area contributed by atoms with E-state index >= 15 is 0 Å². The summed E-state index contributed by atoms with van der Waals surface area (Å²) in [5.41, 5.74) is 1.15. The van der Waals surface area contributed by atoms with Crippen molar-refractivity contribution in [2.24, 2.45) is 0 Å². The Hall–Kier alpha value is -1.13. The van der Waals surface area contributed by atoms with Crippen molar-refractivity contribution >= 4 is 22.9 Å². The van der Waals surface area contributed by atoms with Crippen molar-refractivity contribution < 1.29 is 4.74 Å². The van der Waals surface area contributed by atoms with Gasteiger partial charge in [-0.15, -0.1) is 16.7 Å². The molecular weight excluding hydrogens is 232 g/mol. The number of hydrogen-bond acceptors (Lipinski definition) is 4. The van der Waals surface area contributed by atoms with Crippen molar-refractivity contribution in [3.8, 4) is 10.9 Å². The van der Waals surface area contributed by atoms with Crippen LogP contribution in [0.5, 0.6) is 10.9 Å². The van der Waals surface area contributed by atoms with E-state index in [0.29, 0.717) is 11.1 Å². The summed E-state index contributed by atoms with van der Waals surface area (Å²) in [5.74, 6) is 1.14. The number of benzene rings is 1. The van der Waals surface area contributed by atoms with Crippen molar-refractivity contribution in [3.05, 3.63) is 34.8 Å². The molecule has 0 saturated heterocycles. The lowest BCUT2D eigenvalue weighted by molar-refractivity contribution is 0.473. The molecular formula is C10H9ClN2OS. The maximum atomic E-state index is 5.62. The maximum absolute atomic E-state index is 5.62. The van der Waals surface area contributed by atoms with E-state index in [0.717, 1.165) is 16.3 Å². The predicted octanol–water partition coefficient (Wildman–Crippen LogP) is 3.38. The van der Waals surface area contributed by atoms with Gasteiger partial charge in [0, 0.05) is 0 Å². The molecule has 2 rings (SSSR count). The fourth-order valence-corrected chi connectivity index (χ4v) is 1.89. The van der Waals surface area contributed by atoms with Crippen LogP contribution in [0.3, 0.4) is 0 Å². The van der Waals surface area contributed by atoms with Crippen LogP contribution in [0.25, 0.3) is 0 Å². The van der Waals surface area contributed by atoms with Crippen LogP contribution in [0.2, 0.25) is 0 Å². The summed E-state index contributed by atoms with van der Waals surface area (Å²) in [6.07, 6.45) is 0. The zero-order chi connectivity index (χ0) is 10.7. The smallest absolute Gasteiger partial charge is 0.299 e. The molecule has 0 bridgehead atoms. The number of aryl methyl sites for hydroxylation is 1. The van der Waals surface area contributed by atoms with Crippen LogP contribution in [0.4, 0.5) is 0 Å². The molecule has 3 nitrogen and oxygen atoms in total. The van der Waals surface area contributed by atoms with E-state index in [1.54, 1.807) is 0 Å². The quantitative estimate of drug-likeness (QED) is 0.772. The van der Waals surface area contributed by atoms with E-state index in [4.69, 9.17) is 16.3 Å². The zero-order valence-corrected chi connectivity index (χ0v) is 9.68. The van der Waals surface area contributed by atoms with Crippen LogP contribution in [0.1, 0.15) is 10.6 Å². The predicted molar refractivity (Wildman–Crippen MR) is 60.7 cm³/mol. The van der Waals surface area contributed by atoms with E-state index in [9.17, 15) is 0 Å². The van der Waals surface area contributed by atoms with Gasteiger partial charge in [-0.1, -0.05) is 28.6 Å². The van der Waals surface area contributed by atoms with Gasteiger partial charge in [-0.05, 0) is 24.6 Å². The van der Waals surface area contributed by atoms with Crippen molar-refractivity contribution in [3.63, 3.8) is 0 Å². The standard InChI is InChI=1S/C10H9ClN2OS/c1-7-3-2-4-8(5-7)14-10-13-12-9(6-11)15-10/h2-5H,6H2,1H3. The highest BCUT2D eigenvalue weighted by Gasteiger charge is 2.04. The van der Waals surface area contributed by atoms with Crippen molar-refractivity contribution in [2.45, 2.75) is 12.8 Å². The Kier molecular flexibility index (Phi) is 3.18. The number of nitrogens with zero attached hydrogens (tertiary/aromatic N) is 2. The minimum absolute atomic E-state index is 0.370. The van der Waals surface area contributed by atoms with E-state index in [1.165, 1.54) is 11.3 Å². The van der Waals surface area contributed by atoms with Gasteiger partial charge in [-0.25, -0.2) is 0 Å². The van der Waals surface area contributed by atoms with Gasteiger partial charge in [0.2, 0.25) is 0 Å². The first kappa shape index (κ1) is 10.4. The molecule has 0 spiro atoms. The molecule has 0 atom stereocenters. The summed E-state index contributed by atoms with van der Waals surface area (Å²) in [6.45, 7) is 2.01. The molecule has 2 aromatic rings. The maximum Gasteiger partial charge on any atom is 0.299 e. The highest BCUT2D eigenvalue weighted by molar-refractivity contribution is 7.13. The Morgan fingerprint density at radius 2 is 2.27 bits per heavy atom. The molecule has 0 aliphatic carbocycles. The van der Waals surface area contributed by atoms with Crippen LogP contribution in [-0.2, 0) is 5.88 Å². The number of hydrogen-bond donors (Lipinski definition) is 0. The Bertz CT molecular complexity index is 458. The number of ether oxygens (including phenoxy) is 1. The van der Waals surface area contributed by atoms with Gasteiger partial charge in [-0.3, -0.25) is 0 Å². The number of alkyl halides is 1. The summed E-state index contributed by atoms with van der Waals surface area (Å²) in [7, 11) is 0. The minimum Gasteiger partial charge on any atom is -0.430 e. The highest BCUT2D eigenvalue weighted by Crippen LogP contribution is 2.25. The molecule has 1 aromatic heterocycles. The van der Waals surface area contributed by atoms with Crippen molar-refractivity contribution in [2.75, 3.05) is 0 Å². The summed E-state index contributed by atoms with van der Waals surface area (Å²) in [4.78, 5) is 0. The summed E-state index contributed by atoms with van der Waals surface area (Å²) < 4.78 is 5.53. The SMILES string of the molecule is Cc1cccc(Oc2nnc(CCl)s2)c1. The lowest BCUT2D eigenvalue weighted by atomic mass is 10.2. The summed E-state index contributed by atoms with van der Waals surface area (Å²) >= 11 is 6.98. The second kappa shape index (κ2) is 4.59. The average Bonchev–Trinajstić information content (AvgIpc) is 2.65. The molecule has 0 N–H and O–H groups in total. The lowest BCUT2D eigenvalue weighted by Crippen LogP contribution is -1.83. The van der Waals surface area contributed by atoms with E-state index in [2.05, 4.69) is 10.2 Å². The van der Waals surface area contributed by atoms with Gasteiger partial charge in [0.25, 0.3) is 5.19 Å². The molecule has 0 aliphatic rings. The third-order valence-corrected chi connectivity index (χ3v) is 2.97. The Labute approximate surface area is 96.7 Å². The lowest BCUT2D eigenvalue weighted by Gasteiger charge is -2.00. The van der Waals surface area contributed by atoms with E-state index in [-0.39, 0.29) is 0 Å². The molecule has 5 heteroatoms. The average molecular weight is 241 g/mol. The molecule has 0 saturated carbocycles. The third-order valence-electron chi connectivity index (χ3n) is 1.76. The van der Waals surface area contributed by atoms with E-state index in [1.807, 2.05) is 31.2 Å². The fourth-order valence-electron chi connectivity index (χ4n) is 1.11. The molecule has 1 heterocycles. The van der Waals surface area contributed by atoms with Gasteiger partial charge in [0.05, 0.1) is 5.88 Å². The Morgan fingerprint density at radius 3 is 2.93 bits per heavy atom. The molecule has 78 valence electrons. The second-order valence-electron chi connectivity index (χ2n) is 3.01. The monoisotopic (exact) mass is 240 g/mol. The highest BCUT2D eigenvalue weighted by atomic mass is 35.5. The van der Waals surface area contributed by atoms with Crippen LogP contribution >= 0.6 is 22.9 Å².